The van der Waals surface area contributed by atoms with Crippen molar-refractivity contribution >= 4 is 46.3 Å². The molecule has 0 saturated heterocycles. The van der Waals surface area contributed by atoms with E-state index in [9.17, 15) is 9.59 Å². The molecular weight excluding hydrogens is 323 g/mol. The van der Waals surface area contributed by atoms with E-state index >= 15 is 0 Å². The third-order valence-electron chi connectivity index (χ3n) is 2.43. The fraction of sp³-hybridized carbons (Fsp3) is 0.0769. The van der Waals surface area contributed by atoms with Crippen molar-refractivity contribution in [2.75, 3.05) is 6.61 Å². The summed E-state index contributed by atoms with van der Waals surface area (Å²) in [5, 5.41) is 12.1. The molecule has 0 amide bonds. The van der Waals surface area contributed by atoms with Gasteiger partial charge in [-0.1, -0.05) is 23.2 Å². The van der Waals surface area contributed by atoms with Crippen molar-refractivity contribution in [2.45, 2.75) is 0 Å². The topological polar surface area (TPSA) is 63.6 Å². The van der Waals surface area contributed by atoms with E-state index in [0.717, 1.165) is 0 Å². The lowest BCUT2D eigenvalue weighted by Gasteiger charge is -2.09. The number of carboxylic acids is 1. The molecule has 20 heavy (non-hydrogen) atoms. The monoisotopic (exact) mass is 330 g/mol. The average molecular weight is 331 g/mol. The van der Waals surface area contributed by atoms with Crippen LogP contribution >= 0.6 is 34.5 Å². The number of benzene rings is 1. The van der Waals surface area contributed by atoms with Gasteiger partial charge in [-0.15, -0.1) is 0 Å². The fourth-order valence-electron chi connectivity index (χ4n) is 1.51. The minimum atomic E-state index is -1.13. The fourth-order valence-corrected chi connectivity index (χ4v) is 2.60. The molecule has 0 fully saturated rings. The van der Waals surface area contributed by atoms with Crippen LogP contribution in [-0.2, 0) is 4.79 Å². The molecule has 1 N–H and O–H groups in total. The molecule has 7 heteroatoms. The Kier molecular flexibility index (Phi) is 4.65. The number of ketones is 1. The van der Waals surface area contributed by atoms with Crippen molar-refractivity contribution in [1.29, 1.82) is 0 Å². The largest absolute Gasteiger partial charge is 0.480 e. The van der Waals surface area contributed by atoms with Crippen LogP contribution in [0.4, 0.5) is 0 Å². The summed E-state index contributed by atoms with van der Waals surface area (Å²) in [6.07, 6.45) is 0. The first kappa shape index (κ1) is 14.8. The van der Waals surface area contributed by atoms with Crippen LogP contribution in [-0.4, -0.2) is 23.5 Å². The van der Waals surface area contributed by atoms with Crippen LogP contribution in [0.15, 0.2) is 29.0 Å². The van der Waals surface area contributed by atoms with Crippen LogP contribution < -0.4 is 4.74 Å². The lowest BCUT2D eigenvalue weighted by Crippen LogP contribution is -2.10. The summed E-state index contributed by atoms with van der Waals surface area (Å²) in [5.74, 6) is -1.25. The Labute approximate surface area is 128 Å². The predicted molar refractivity (Wildman–Crippen MR) is 77.3 cm³/mol. The standard InChI is InChI=1S/C13H8Cl2O4S/c14-11-8(13(18)7-3-4-20-6-7)1-2-9(12(11)15)19-5-10(16)17/h1-4,6H,5H2,(H,16,17). The maximum atomic E-state index is 12.2. The molecule has 1 heterocycles. The molecule has 104 valence electrons. The van der Waals surface area contributed by atoms with Crippen LogP contribution in [0.3, 0.4) is 0 Å². The van der Waals surface area contributed by atoms with Crippen LogP contribution in [0, 0.1) is 0 Å². The number of carbonyl (C=O) groups is 2. The Morgan fingerprint density at radius 2 is 1.95 bits per heavy atom. The summed E-state index contributed by atoms with van der Waals surface area (Å²) in [5.41, 5.74) is 0.768. The van der Waals surface area contributed by atoms with Crippen LogP contribution in [0.2, 0.25) is 10.0 Å². The number of ether oxygens (including phenoxy) is 1. The molecule has 0 aliphatic rings. The van der Waals surface area contributed by atoms with E-state index in [1.54, 1.807) is 16.8 Å². The van der Waals surface area contributed by atoms with Crippen molar-refractivity contribution in [1.82, 2.24) is 0 Å². The van der Waals surface area contributed by atoms with Gasteiger partial charge < -0.3 is 9.84 Å². The highest BCUT2D eigenvalue weighted by atomic mass is 35.5. The number of thiophene rings is 1. The predicted octanol–water partition coefficient (Wildman–Crippen LogP) is 3.75. The summed E-state index contributed by atoms with van der Waals surface area (Å²) in [4.78, 5) is 22.6. The third kappa shape index (κ3) is 3.12. The molecule has 2 rings (SSSR count). The molecule has 2 aromatic rings. The zero-order valence-electron chi connectivity index (χ0n) is 9.93. The van der Waals surface area contributed by atoms with E-state index in [0.29, 0.717) is 5.56 Å². The van der Waals surface area contributed by atoms with Crippen molar-refractivity contribution in [2.24, 2.45) is 0 Å². The van der Waals surface area contributed by atoms with Crippen molar-refractivity contribution in [3.8, 4) is 5.75 Å². The van der Waals surface area contributed by atoms with Crippen LogP contribution in [0.25, 0.3) is 0 Å². The number of carboxylic acid groups (broad SMARTS) is 1. The van der Waals surface area contributed by atoms with Gasteiger partial charge in [-0.25, -0.2) is 4.79 Å². The summed E-state index contributed by atoms with van der Waals surface area (Å²) in [6.45, 7) is -0.534. The summed E-state index contributed by atoms with van der Waals surface area (Å²) >= 11 is 13.4. The summed E-state index contributed by atoms with van der Waals surface area (Å²) in [6, 6.07) is 4.58. The molecule has 0 spiro atoms. The van der Waals surface area contributed by atoms with Gasteiger partial charge >= 0.3 is 5.97 Å². The van der Waals surface area contributed by atoms with Gasteiger partial charge in [-0.3, -0.25) is 4.79 Å². The number of halogens is 2. The number of hydrogen-bond donors (Lipinski definition) is 1. The molecular formula is C13H8Cl2O4S. The van der Waals surface area contributed by atoms with Gasteiger partial charge in [0, 0.05) is 16.5 Å². The SMILES string of the molecule is O=C(O)COc1ccc(C(=O)c2ccsc2)c(Cl)c1Cl. The van der Waals surface area contributed by atoms with E-state index in [2.05, 4.69) is 0 Å². The lowest BCUT2D eigenvalue weighted by atomic mass is 10.1. The smallest absolute Gasteiger partial charge is 0.341 e. The van der Waals surface area contributed by atoms with E-state index in [4.69, 9.17) is 33.0 Å². The molecule has 1 aromatic heterocycles. The van der Waals surface area contributed by atoms with Crippen molar-refractivity contribution < 1.29 is 19.4 Å². The van der Waals surface area contributed by atoms with E-state index in [1.165, 1.54) is 23.5 Å². The molecule has 1 aromatic carbocycles. The van der Waals surface area contributed by atoms with Crippen molar-refractivity contribution in [3.63, 3.8) is 0 Å². The number of rotatable bonds is 5. The molecule has 0 unspecified atom stereocenters. The van der Waals surface area contributed by atoms with Gasteiger partial charge in [-0.2, -0.15) is 11.3 Å². The minimum absolute atomic E-state index is 0.0222. The normalized spacial score (nSPS) is 10.3. The Hall–Kier alpha value is -1.56. The molecule has 0 bridgehead atoms. The first-order chi connectivity index (χ1) is 9.50. The highest BCUT2D eigenvalue weighted by Crippen LogP contribution is 2.35. The van der Waals surface area contributed by atoms with Gasteiger partial charge in [0.1, 0.15) is 10.8 Å². The Morgan fingerprint density at radius 3 is 2.55 bits per heavy atom. The zero-order valence-corrected chi connectivity index (χ0v) is 12.3. The summed E-state index contributed by atoms with van der Waals surface area (Å²) < 4.78 is 4.98. The highest BCUT2D eigenvalue weighted by molar-refractivity contribution is 7.08. The number of carbonyl (C=O) groups excluding carboxylic acids is 1. The van der Waals surface area contributed by atoms with E-state index in [-0.39, 0.29) is 27.1 Å². The van der Waals surface area contributed by atoms with Crippen LogP contribution in [0.5, 0.6) is 5.75 Å². The molecule has 0 saturated carbocycles. The van der Waals surface area contributed by atoms with Crippen LogP contribution in [0.1, 0.15) is 15.9 Å². The van der Waals surface area contributed by atoms with Gasteiger partial charge in [-0.05, 0) is 23.6 Å². The zero-order chi connectivity index (χ0) is 14.7. The van der Waals surface area contributed by atoms with E-state index < -0.39 is 12.6 Å². The maximum absolute atomic E-state index is 12.2. The Morgan fingerprint density at radius 1 is 1.20 bits per heavy atom. The second-order valence-electron chi connectivity index (χ2n) is 3.76. The highest BCUT2D eigenvalue weighted by Gasteiger charge is 2.18. The molecule has 4 nitrogen and oxygen atoms in total. The molecule has 0 aliphatic carbocycles. The third-order valence-corrected chi connectivity index (χ3v) is 3.97. The second kappa shape index (κ2) is 6.26. The first-order valence-electron chi connectivity index (χ1n) is 5.40. The van der Waals surface area contributed by atoms with Gasteiger partial charge in [0.15, 0.2) is 12.4 Å². The number of hydrogen-bond acceptors (Lipinski definition) is 4. The van der Waals surface area contributed by atoms with Gasteiger partial charge in [0.05, 0.1) is 5.02 Å². The lowest BCUT2D eigenvalue weighted by molar-refractivity contribution is -0.139. The minimum Gasteiger partial charge on any atom is -0.480 e. The maximum Gasteiger partial charge on any atom is 0.341 e. The number of aliphatic carboxylic acids is 1. The second-order valence-corrected chi connectivity index (χ2v) is 5.30. The first-order valence-corrected chi connectivity index (χ1v) is 7.10. The summed E-state index contributed by atoms with van der Waals surface area (Å²) in [7, 11) is 0. The molecule has 0 aliphatic heterocycles. The quantitative estimate of drug-likeness (QED) is 0.848. The molecule has 0 atom stereocenters. The van der Waals surface area contributed by atoms with Gasteiger partial charge in [0.25, 0.3) is 0 Å². The Bertz CT molecular complexity index is 653. The molecule has 0 radical (unpaired) electrons. The Balaban J connectivity index is 2.31. The average Bonchev–Trinajstić information content (AvgIpc) is 2.93. The van der Waals surface area contributed by atoms with Crippen molar-refractivity contribution in [3.05, 3.63) is 50.1 Å². The van der Waals surface area contributed by atoms with Gasteiger partial charge in [0.2, 0.25) is 0 Å². The van der Waals surface area contributed by atoms with E-state index in [1.807, 2.05) is 0 Å².